The van der Waals surface area contributed by atoms with Gasteiger partial charge in [-0.3, -0.25) is 20.2 Å². The number of halogens is 1. The molecule has 0 saturated heterocycles. The zero-order chi connectivity index (χ0) is 20.0. The van der Waals surface area contributed by atoms with Crippen LogP contribution in [0.3, 0.4) is 0 Å². The summed E-state index contributed by atoms with van der Waals surface area (Å²) < 4.78 is 5.95. The van der Waals surface area contributed by atoms with Crippen molar-refractivity contribution in [3.05, 3.63) is 61.7 Å². The number of carboxylic acids is 1. The summed E-state index contributed by atoms with van der Waals surface area (Å²) >= 11 is 6.98. The topological polar surface area (TPSA) is 131 Å². The number of aromatic carboxylic acids is 1. The van der Waals surface area contributed by atoms with Gasteiger partial charge in [-0.15, -0.1) is 0 Å². The predicted molar refractivity (Wildman–Crippen MR) is 109 cm³/mol. The maximum atomic E-state index is 11.9. The Hall–Kier alpha value is -2.80. The number of nitrogens with zero attached hydrogens (tertiary/aromatic N) is 1. The molecule has 140 valence electrons. The summed E-state index contributed by atoms with van der Waals surface area (Å²) in [6.07, 6.45) is 0. The summed E-state index contributed by atoms with van der Waals surface area (Å²) in [6, 6.07) is 9.94. The molecule has 0 spiro atoms. The van der Waals surface area contributed by atoms with Gasteiger partial charge in [-0.2, -0.15) is 0 Å². The van der Waals surface area contributed by atoms with Crippen LogP contribution in [-0.4, -0.2) is 33.6 Å². The zero-order valence-electron chi connectivity index (χ0n) is 13.5. The molecule has 0 aromatic heterocycles. The number of anilines is 1. The van der Waals surface area contributed by atoms with Gasteiger partial charge in [0.25, 0.3) is 11.6 Å². The lowest BCUT2D eigenvalue weighted by atomic mass is 10.2. The van der Waals surface area contributed by atoms with Gasteiger partial charge in [0.15, 0.2) is 11.7 Å². The van der Waals surface area contributed by atoms with Crippen LogP contribution in [-0.2, 0) is 4.79 Å². The number of carbonyl (C=O) groups excluding carboxylic acids is 1. The van der Waals surface area contributed by atoms with E-state index in [1.54, 1.807) is 6.07 Å². The van der Waals surface area contributed by atoms with Crippen molar-refractivity contribution in [2.75, 3.05) is 11.9 Å². The highest BCUT2D eigenvalue weighted by Crippen LogP contribution is 2.19. The van der Waals surface area contributed by atoms with Crippen LogP contribution in [0.1, 0.15) is 10.4 Å². The number of thiocarbonyl (C=S) groups is 1. The molecule has 1 amide bonds. The van der Waals surface area contributed by atoms with Crippen LogP contribution in [0.5, 0.6) is 5.75 Å². The molecule has 9 nitrogen and oxygen atoms in total. The summed E-state index contributed by atoms with van der Waals surface area (Å²) in [5.74, 6) is -1.43. The average molecular weight is 501 g/mol. The van der Waals surface area contributed by atoms with Crippen LogP contribution in [0.25, 0.3) is 0 Å². The average Bonchev–Trinajstić information content (AvgIpc) is 2.61. The number of nitrogens with one attached hydrogen (secondary N) is 2. The van der Waals surface area contributed by atoms with Crippen LogP contribution in [0.15, 0.2) is 42.5 Å². The van der Waals surface area contributed by atoms with Gasteiger partial charge < -0.3 is 15.2 Å². The minimum Gasteiger partial charge on any atom is -0.484 e. The third-order valence-corrected chi connectivity index (χ3v) is 4.01. The minimum atomic E-state index is -1.13. The Kier molecular flexibility index (Phi) is 7.01. The number of benzene rings is 2. The van der Waals surface area contributed by atoms with Gasteiger partial charge in [0.2, 0.25) is 0 Å². The SMILES string of the molecule is O=C(COc1ccc([N+](=O)[O-])cc1)NC(=S)Nc1ccc(I)cc1C(=O)O. The van der Waals surface area contributed by atoms with Gasteiger partial charge in [0.1, 0.15) is 5.75 Å². The molecular weight excluding hydrogens is 489 g/mol. The number of carbonyl (C=O) groups is 2. The number of hydrogen-bond acceptors (Lipinski definition) is 6. The first-order valence-corrected chi connectivity index (χ1v) is 8.76. The molecular formula is C16H12IN3O6S. The summed E-state index contributed by atoms with van der Waals surface area (Å²) in [4.78, 5) is 33.2. The Labute approximate surface area is 172 Å². The molecule has 0 unspecified atom stereocenters. The summed E-state index contributed by atoms with van der Waals surface area (Å²) in [5.41, 5.74) is 0.161. The van der Waals surface area contributed by atoms with E-state index in [-0.39, 0.29) is 34.4 Å². The van der Waals surface area contributed by atoms with Crippen molar-refractivity contribution >= 4 is 63.2 Å². The third-order valence-electron chi connectivity index (χ3n) is 3.13. The Bertz CT molecular complexity index is 904. The quantitative estimate of drug-likeness (QED) is 0.239. The van der Waals surface area contributed by atoms with E-state index in [0.29, 0.717) is 0 Å². The van der Waals surface area contributed by atoms with Crippen LogP contribution >= 0.6 is 34.8 Å². The molecule has 0 saturated carbocycles. The second kappa shape index (κ2) is 9.23. The Morgan fingerprint density at radius 1 is 1.22 bits per heavy atom. The second-order valence-electron chi connectivity index (χ2n) is 5.04. The lowest BCUT2D eigenvalue weighted by Crippen LogP contribution is -2.37. The number of amides is 1. The molecule has 0 aliphatic rings. The minimum absolute atomic E-state index is 0.0145. The fraction of sp³-hybridized carbons (Fsp3) is 0.0625. The first kappa shape index (κ1) is 20.5. The number of nitro groups is 1. The fourth-order valence-electron chi connectivity index (χ4n) is 1.93. The van der Waals surface area contributed by atoms with E-state index < -0.39 is 16.8 Å². The number of nitro benzene ring substituents is 1. The van der Waals surface area contributed by atoms with Gasteiger partial charge in [-0.25, -0.2) is 4.79 Å². The smallest absolute Gasteiger partial charge is 0.337 e. The zero-order valence-corrected chi connectivity index (χ0v) is 16.4. The summed E-state index contributed by atoms with van der Waals surface area (Å²) in [6.45, 7) is -0.377. The Morgan fingerprint density at radius 3 is 2.48 bits per heavy atom. The molecule has 0 aliphatic heterocycles. The maximum absolute atomic E-state index is 11.9. The van der Waals surface area contributed by atoms with E-state index in [1.165, 1.54) is 36.4 Å². The van der Waals surface area contributed by atoms with Crippen molar-refractivity contribution in [1.29, 1.82) is 0 Å². The lowest BCUT2D eigenvalue weighted by molar-refractivity contribution is -0.384. The van der Waals surface area contributed by atoms with Gasteiger partial charge >= 0.3 is 5.97 Å². The van der Waals surface area contributed by atoms with Crippen molar-refractivity contribution in [3.8, 4) is 5.75 Å². The van der Waals surface area contributed by atoms with E-state index >= 15 is 0 Å². The number of ether oxygens (including phenoxy) is 1. The molecule has 27 heavy (non-hydrogen) atoms. The molecule has 11 heteroatoms. The van der Waals surface area contributed by atoms with Crippen molar-refractivity contribution in [2.45, 2.75) is 0 Å². The Balaban J connectivity index is 1.89. The molecule has 2 aromatic rings. The summed E-state index contributed by atoms with van der Waals surface area (Å²) in [5, 5.41) is 24.7. The van der Waals surface area contributed by atoms with Gasteiger partial charge in [0.05, 0.1) is 16.2 Å². The number of non-ortho nitro benzene ring substituents is 1. The largest absolute Gasteiger partial charge is 0.484 e. The first-order chi connectivity index (χ1) is 12.8. The van der Waals surface area contributed by atoms with Crippen molar-refractivity contribution < 1.29 is 24.4 Å². The number of rotatable bonds is 6. The van der Waals surface area contributed by atoms with Gasteiger partial charge in [0, 0.05) is 15.7 Å². The van der Waals surface area contributed by atoms with Gasteiger partial charge in [-0.05, 0) is 65.1 Å². The maximum Gasteiger partial charge on any atom is 0.337 e. The van der Waals surface area contributed by atoms with Gasteiger partial charge in [-0.1, -0.05) is 0 Å². The molecule has 0 bridgehead atoms. The van der Waals surface area contributed by atoms with E-state index in [0.717, 1.165) is 3.57 Å². The molecule has 2 rings (SSSR count). The first-order valence-electron chi connectivity index (χ1n) is 7.27. The van der Waals surface area contributed by atoms with Crippen LogP contribution in [0.2, 0.25) is 0 Å². The van der Waals surface area contributed by atoms with Crippen molar-refractivity contribution in [1.82, 2.24) is 5.32 Å². The number of hydrogen-bond donors (Lipinski definition) is 3. The molecule has 0 atom stereocenters. The summed E-state index contributed by atoms with van der Waals surface area (Å²) in [7, 11) is 0. The molecule has 0 heterocycles. The van der Waals surface area contributed by atoms with E-state index in [4.69, 9.17) is 17.0 Å². The third kappa shape index (κ3) is 6.14. The van der Waals surface area contributed by atoms with Crippen molar-refractivity contribution in [2.24, 2.45) is 0 Å². The molecule has 0 fully saturated rings. The van der Waals surface area contributed by atoms with Crippen molar-refractivity contribution in [3.63, 3.8) is 0 Å². The molecule has 2 aromatic carbocycles. The monoisotopic (exact) mass is 501 g/mol. The molecule has 0 radical (unpaired) electrons. The molecule has 3 N–H and O–H groups in total. The van der Waals surface area contributed by atoms with Crippen LogP contribution in [0.4, 0.5) is 11.4 Å². The predicted octanol–water partition coefficient (Wildman–Crippen LogP) is 2.79. The standard InChI is InChI=1S/C16H12IN3O6S/c17-9-1-6-13(12(7-9)15(22)23)18-16(27)19-14(21)8-26-11-4-2-10(3-5-11)20(24)25/h1-7H,8H2,(H,22,23)(H2,18,19,21,27). The van der Waals surface area contributed by atoms with E-state index in [1.807, 2.05) is 22.6 Å². The highest BCUT2D eigenvalue weighted by atomic mass is 127. The number of carboxylic acid groups (broad SMARTS) is 1. The van der Waals surface area contributed by atoms with E-state index in [9.17, 15) is 24.8 Å². The van der Waals surface area contributed by atoms with Crippen LogP contribution < -0.4 is 15.4 Å². The highest BCUT2D eigenvalue weighted by molar-refractivity contribution is 14.1. The highest BCUT2D eigenvalue weighted by Gasteiger charge is 2.13. The Morgan fingerprint density at radius 2 is 1.89 bits per heavy atom. The van der Waals surface area contributed by atoms with Crippen LogP contribution in [0, 0.1) is 13.7 Å². The van der Waals surface area contributed by atoms with E-state index in [2.05, 4.69) is 10.6 Å². The normalized spacial score (nSPS) is 9.96. The fourth-order valence-corrected chi connectivity index (χ4v) is 2.65. The second-order valence-corrected chi connectivity index (χ2v) is 6.69. The lowest BCUT2D eigenvalue weighted by Gasteiger charge is -2.12. The molecule has 0 aliphatic carbocycles.